The van der Waals surface area contributed by atoms with Crippen molar-refractivity contribution in [3.63, 3.8) is 0 Å². The van der Waals surface area contributed by atoms with Gasteiger partial charge in [0.2, 0.25) is 5.91 Å². The molecule has 27 heavy (non-hydrogen) atoms. The Morgan fingerprint density at radius 1 is 1.00 bits per heavy atom. The van der Waals surface area contributed by atoms with Crippen molar-refractivity contribution in [2.45, 2.75) is 65.6 Å². The number of nitrogens with zero attached hydrogens (tertiary/aromatic N) is 2. The molecule has 4 heteroatoms. The molecule has 0 aliphatic carbocycles. The Morgan fingerprint density at radius 2 is 1.63 bits per heavy atom. The zero-order valence-electron chi connectivity index (χ0n) is 17.3. The van der Waals surface area contributed by atoms with Crippen LogP contribution in [0.25, 0.3) is 0 Å². The third-order valence-electron chi connectivity index (χ3n) is 7.04. The van der Waals surface area contributed by atoms with Crippen molar-refractivity contribution in [3.8, 4) is 0 Å². The second-order valence-electron chi connectivity index (χ2n) is 9.33. The minimum atomic E-state index is 0.247. The van der Waals surface area contributed by atoms with E-state index in [-0.39, 0.29) is 5.91 Å². The lowest BCUT2D eigenvalue weighted by molar-refractivity contribution is -0.119. The number of benzene rings is 1. The third-order valence-corrected chi connectivity index (χ3v) is 7.04. The molecule has 1 N–H and O–H groups in total. The molecule has 0 radical (unpaired) electrons. The fourth-order valence-corrected chi connectivity index (χ4v) is 5.20. The number of amides is 1. The van der Waals surface area contributed by atoms with Crippen LogP contribution in [0.1, 0.15) is 54.9 Å². The maximum absolute atomic E-state index is 11.7. The number of rotatable bonds is 4. The number of carbonyl (C=O) groups excluding carboxylic acids is 1. The first kappa shape index (κ1) is 18.9. The molecule has 3 aliphatic rings. The van der Waals surface area contributed by atoms with E-state index in [1.54, 1.807) is 0 Å². The topological polar surface area (TPSA) is 35.6 Å². The Hall–Kier alpha value is -1.39. The summed E-state index contributed by atoms with van der Waals surface area (Å²) in [5.74, 6) is 1.64. The van der Waals surface area contributed by atoms with E-state index in [1.165, 1.54) is 48.2 Å². The monoisotopic (exact) mass is 369 g/mol. The van der Waals surface area contributed by atoms with Crippen molar-refractivity contribution in [2.75, 3.05) is 26.2 Å². The smallest absolute Gasteiger partial charge is 0.220 e. The molecule has 3 heterocycles. The van der Waals surface area contributed by atoms with Crippen LogP contribution in [0.3, 0.4) is 0 Å². The van der Waals surface area contributed by atoms with Crippen LogP contribution in [-0.4, -0.2) is 47.9 Å². The van der Waals surface area contributed by atoms with E-state index in [2.05, 4.69) is 48.0 Å². The van der Waals surface area contributed by atoms with Crippen molar-refractivity contribution < 1.29 is 4.79 Å². The van der Waals surface area contributed by atoms with Crippen molar-refractivity contribution in [2.24, 2.45) is 11.8 Å². The lowest BCUT2D eigenvalue weighted by Gasteiger charge is -2.35. The van der Waals surface area contributed by atoms with Crippen molar-refractivity contribution in [1.29, 1.82) is 0 Å². The molecule has 3 saturated heterocycles. The van der Waals surface area contributed by atoms with Gasteiger partial charge in [0.1, 0.15) is 0 Å². The Balaban J connectivity index is 1.43. The molecule has 3 aliphatic heterocycles. The fraction of sp³-hybridized carbons (Fsp3) is 0.696. The van der Waals surface area contributed by atoms with E-state index in [4.69, 9.17) is 0 Å². The Morgan fingerprint density at radius 3 is 2.33 bits per heavy atom. The molecular formula is C23H35N3O. The predicted octanol–water partition coefficient (Wildman–Crippen LogP) is 3.25. The summed E-state index contributed by atoms with van der Waals surface area (Å²) in [6, 6.07) is 5.19. The first-order chi connectivity index (χ1) is 13.0. The molecule has 0 spiro atoms. The van der Waals surface area contributed by atoms with Gasteiger partial charge in [-0.25, -0.2) is 0 Å². The fourth-order valence-electron chi connectivity index (χ4n) is 5.20. The number of fused-ring (bicyclic) bond motifs is 1. The minimum Gasteiger partial charge on any atom is -0.353 e. The first-order valence-electron chi connectivity index (χ1n) is 10.8. The lowest BCUT2D eigenvalue weighted by atomic mass is 9.92. The average Bonchev–Trinajstić information content (AvgIpc) is 3.00. The third kappa shape index (κ3) is 4.38. The van der Waals surface area contributed by atoms with E-state index >= 15 is 0 Å². The molecule has 0 bridgehead atoms. The summed E-state index contributed by atoms with van der Waals surface area (Å²) in [5.41, 5.74) is 5.84. The highest BCUT2D eigenvalue weighted by Crippen LogP contribution is 2.28. The highest BCUT2D eigenvalue weighted by atomic mass is 16.2. The van der Waals surface area contributed by atoms with Gasteiger partial charge >= 0.3 is 0 Å². The maximum Gasteiger partial charge on any atom is 0.220 e. The zero-order valence-corrected chi connectivity index (χ0v) is 17.3. The quantitative estimate of drug-likeness (QED) is 0.885. The van der Waals surface area contributed by atoms with Crippen molar-refractivity contribution in [1.82, 2.24) is 15.1 Å². The van der Waals surface area contributed by atoms with Crippen LogP contribution >= 0.6 is 0 Å². The molecule has 3 fully saturated rings. The predicted molar refractivity (Wildman–Crippen MR) is 110 cm³/mol. The van der Waals surface area contributed by atoms with Gasteiger partial charge in [-0.2, -0.15) is 0 Å². The normalized spacial score (nSPS) is 27.6. The van der Waals surface area contributed by atoms with E-state index < -0.39 is 0 Å². The number of likely N-dealkylation sites (tertiary alicyclic amines) is 2. The molecule has 0 unspecified atom stereocenters. The molecule has 1 aromatic carbocycles. The number of nitrogens with one attached hydrogen (secondary N) is 1. The van der Waals surface area contributed by atoms with Gasteiger partial charge in [-0.1, -0.05) is 24.6 Å². The van der Waals surface area contributed by atoms with Crippen LogP contribution in [0.4, 0.5) is 0 Å². The van der Waals surface area contributed by atoms with Crippen LogP contribution in [0.5, 0.6) is 0 Å². The molecule has 2 atom stereocenters. The SMILES string of the molecule is Cc1cc(CN2CCC(C)CC2)c(C)c(CN2CC[C@@H]3NC(=O)C[C@@H]3C2)c1. The molecule has 0 aromatic heterocycles. The van der Waals surface area contributed by atoms with Gasteiger partial charge < -0.3 is 5.32 Å². The standard InChI is InChI=1S/C23H35N3O/c1-16-4-7-25(8-5-16)13-19-10-17(2)11-20(18(19)3)14-26-9-6-22-21(15-26)12-23(27)24-22/h10-11,16,21-22H,4-9,12-15H2,1-3H3,(H,24,27)/t21-,22+/m1/s1. The maximum atomic E-state index is 11.7. The molecule has 0 saturated carbocycles. The lowest BCUT2D eigenvalue weighted by Crippen LogP contribution is -2.44. The van der Waals surface area contributed by atoms with Crippen LogP contribution < -0.4 is 5.32 Å². The molecular weight excluding hydrogens is 334 g/mol. The van der Waals surface area contributed by atoms with Crippen molar-refractivity contribution in [3.05, 3.63) is 34.4 Å². The van der Waals surface area contributed by atoms with Crippen LogP contribution in [-0.2, 0) is 17.9 Å². The van der Waals surface area contributed by atoms with Gasteiger partial charge in [0, 0.05) is 44.6 Å². The highest BCUT2D eigenvalue weighted by Gasteiger charge is 2.36. The molecule has 4 rings (SSSR count). The van der Waals surface area contributed by atoms with Crippen LogP contribution in [0.2, 0.25) is 0 Å². The van der Waals surface area contributed by atoms with E-state index in [0.717, 1.165) is 38.5 Å². The summed E-state index contributed by atoms with van der Waals surface area (Å²) < 4.78 is 0. The van der Waals surface area contributed by atoms with Crippen LogP contribution in [0.15, 0.2) is 12.1 Å². The van der Waals surface area contributed by atoms with E-state index in [1.807, 2.05) is 0 Å². The zero-order chi connectivity index (χ0) is 19.0. The van der Waals surface area contributed by atoms with Crippen molar-refractivity contribution >= 4 is 5.91 Å². The summed E-state index contributed by atoms with van der Waals surface area (Å²) >= 11 is 0. The van der Waals surface area contributed by atoms with E-state index in [9.17, 15) is 4.79 Å². The molecule has 4 nitrogen and oxygen atoms in total. The first-order valence-corrected chi connectivity index (χ1v) is 10.8. The second kappa shape index (κ2) is 7.92. The second-order valence-corrected chi connectivity index (χ2v) is 9.33. The summed E-state index contributed by atoms with van der Waals surface area (Å²) in [6.45, 7) is 13.7. The van der Waals surface area contributed by atoms with E-state index in [0.29, 0.717) is 18.4 Å². The van der Waals surface area contributed by atoms with Gasteiger partial charge in [0.25, 0.3) is 0 Å². The molecule has 1 amide bonds. The Labute approximate surface area is 164 Å². The summed E-state index contributed by atoms with van der Waals surface area (Å²) in [5, 5.41) is 3.15. The highest BCUT2D eigenvalue weighted by molar-refractivity contribution is 5.79. The summed E-state index contributed by atoms with van der Waals surface area (Å²) in [4.78, 5) is 16.9. The molecule has 148 valence electrons. The van der Waals surface area contributed by atoms with Gasteiger partial charge in [0.15, 0.2) is 0 Å². The average molecular weight is 370 g/mol. The minimum absolute atomic E-state index is 0.247. The Kier molecular flexibility index (Phi) is 5.56. The summed E-state index contributed by atoms with van der Waals surface area (Å²) in [6.07, 6.45) is 4.48. The van der Waals surface area contributed by atoms with Crippen LogP contribution in [0, 0.1) is 25.7 Å². The summed E-state index contributed by atoms with van der Waals surface area (Å²) in [7, 11) is 0. The number of piperidine rings is 2. The number of carbonyl (C=O) groups is 1. The largest absolute Gasteiger partial charge is 0.353 e. The molecule has 1 aromatic rings. The Bertz CT molecular complexity index is 693. The van der Waals surface area contributed by atoms with Gasteiger partial charge in [-0.3, -0.25) is 14.6 Å². The number of aryl methyl sites for hydroxylation is 1. The van der Waals surface area contributed by atoms with Gasteiger partial charge in [-0.05, 0) is 68.8 Å². The number of hydrogen-bond donors (Lipinski definition) is 1. The van der Waals surface area contributed by atoms with Gasteiger partial charge in [0.05, 0.1) is 0 Å². The number of hydrogen-bond acceptors (Lipinski definition) is 3. The van der Waals surface area contributed by atoms with Gasteiger partial charge in [-0.15, -0.1) is 0 Å².